The van der Waals surface area contributed by atoms with Crippen molar-refractivity contribution in [3.63, 3.8) is 0 Å². The third-order valence-electron chi connectivity index (χ3n) is 3.91. The Morgan fingerprint density at radius 2 is 1.90 bits per heavy atom. The van der Waals surface area contributed by atoms with Gasteiger partial charge in [-0.1, -0.05) is 11.6 Å². The maximum Gasteiger partial charge on any atom is 0.344 e. The minimum absolute atomic E-state index is 0.178. The van der Waals surface area contributed by atoms with Gasteiger partial charge in [0.2, 0.25) is 0 Å². The van der Waals surface area contributed by atoms with Gasteiger partial charge in [-0.3, -0.25) is 4.79 Å². The lowest BCUT2D eigenvalue weighted by molar-refractivity contribution is -0.153. The first kappa shape index (κ1) is 20.5. The van der Waals surface area contributed by atoms with E-state index in [4.69, 9.17) is 30.0 Å². The number of ether oxygens (including phenoxy) is 2. The van der Waals surface area contributed by atoms with E-state index in [0.717, 1.165) is 5.56 Å². The van der Waals surface area contributed by atoms with Crippen molar-refractivity contribution in [1.82, 2.24) is 10.1 Å². The van der Waals surface area contributed by atoms with Gasteiger partial charge in [-0.05, 0) is 48.5 Å². The average molecular weight is 419 g/mol. The van der Waals surface area contributed by atoms with E-state index in [9.17, 15) is 9.59 Å². The Balaban J connectivity index is 1.44. The van der Waals surface area contributed by atoms with E-state index in [1.807, 2.05) is 18.2 Å². The highest BCUT2D eigenvalue weighted by Gasteiger charge is 2.15. The summed E-state index contributed by atoms with van der Waals surface area (Å²) in [5.74, 6) is 0.945. The summed E-state index contributed by atoms with van der Waals surface area (Å²) in [7, 11) is 1.59. The molecule has 1 aromatic carbocycles. The number of hydrogen-bond acceptors (Lipinski definition) is 7. The van der Waals surface area contributed by atoms with Gasteiger partial charge in [-0.15, -0.1) is 0 Å². The Morgan fingerprint density at radius 3 is 2.59 bits per heavy atom. The molecule has 8 nitrogen and oxygen atoms in total. The van der Waals surface area contributed by atoms with E-state index in [2.05, 4.69) is 5.16 Å². The van der Waals surface area contributed by atoms with Crippen LogP contribution in [0.15, 0.2) is 51.4 Å². The van der Waals surface area contributed by atoms with Crippen molar-refractivity contribution in [1.29, 1.82) is 0 Å². The number of carbonyl (C=O) groups is 2. The zero-order valence-corrected chi connectivity index (χ0v) is 16.6. The normalized spacial score (nSPS) is 10.6. The number of halogens is 1. The number of benzene rings is 1. The number of carbonyl (C=O) groups excluding carboxylic acids is 2. The molecule has 0 saturated carbocycles. The van der Waals surface area contributed by atoms with Gasteiger partial charge < -0.3 is 23.3 Å². The number of amides is 1. The fraction of sp³-hybridized carbons (Fsp3) is 0.250. The van der Waals surface area contributed by atoms with Crippen LogP contribution < -0.4 is 4.74 Å². The predicted molar refractivity (Wildman–Crippen MR) is 103 cm³/mol. The largest absolute Gasteiger partial charge is 0.463 e. The van der Waals surface area contributed by atoms with Crippen LogP contribution in [0.4, 0.5) is 0 Å². The Bertz CT molecular complexity index is 979. The van der Waals surface area contributed by atoms with Gasteiger partial charge in [-0.2, -0.15) is 0 Å². The number of rotatable bonds is 8. The van der Waals surface area contributed by atoms with Crippen LogP contribution in [-0.4, -0.2) is 42.2 Å². The molecule has 0 aliphatic rings. The van der Waals surface area contributed by atoms with E-state index < -0.39 is 12.6 Å². The molecule has 3 aromatic rings. The standard InChI is InChI=1S/C20H19ClN2O6/c1-13-9-18(22-29-13)26-12-20(25)27-11-19(24)23(2)10-16-7-8-17(28-16)14-3-5-15(21)6-4-14/h3-9H,10-12H2,1-2H3. The number of aromatic nitrogens is 1. The molecule has 0 aliphatic heterocycles. The van der Waals surface area contributed by atoms with Crippen molar-refractivity contribution < 1.29 is 28.0 Å². The Labute approximate surface area is 171 Å². The SMILES string of the molecule is Cc1cc(OCC(=O)OCC(=O)N(C)Cc2ccc(-c3ccc(Cl)cc3)o2)no1. The average Bonchev–Trinajstić information content (AvgIpc) is 3.34. The summed E-state index contributed by atoms with van der Waals surface area (Å²) in [6, 6.07) is 12.4. The highest BCUT2D eigenvalue weighted by atomic mass is 35.5. The molecule has 0 bridgehead atoms. The van der Waals surface area contributed by atoms with Gasteiger partial charge in [0.05, 0.1) is 6.54 Å². The predicted octanol–water partition coefficient (Wildman–Crippen LogP) is 3.48. The summed E-state index contributed by atoms with van der Waals surface area (Å²) in [6.45, 7) is 1.16. The van der Waals surface area contributed by atoms with Crippen molar-refractivity contribution in [3.05, 3.63) is 59.0 Å². The fourth-order valence-electron chi connectivity index (χ4n) is 2.39. The summed E-state index contributed by atoms with van der Waals surface area (Å²) in [4.78, 5) is 25.3. The molecule has 29 heavy (non-hydrogen) atoms. The van der Waals surface area contributed by atoms with Crippen LogP contribution in [-0.2, 0) is 20.9 Å². The molecule has 0 spiro atoms. The first-order valence-electron chi connectivity index (χ1n) is 8.71. The summed E-state index contributed by atoms with van der Waals surface area (Å²) in [5.41, 5.74) is 0.880. The molecule has 0 fully saturated rings. The van der Waals surface area contributed by atoms with Gasteiger partial charge in [0.15, 0.2) is 13.2 Å². The summed E-state index contributed by atoms with van der Waals surface area (Å²) < 4.78 is 20.6. The second-order valence-corrected chi connectivity index (χ2v) is 6.68. The third kappa shape index (κ3) is 5.86. The first-order valence-corrected chi connectivity index (χ1v) is 9.09. The van der Waals surface area contributed by atoms with Crippen molar-refractivity contribution in [2.75, 3.05) is 20.3 Å². The minimum atomic E-state index is -0.685. The smallest absolute Gasteiger partial charge is 0.344 e. The van der Waals surface area contributed by atoms with Crippen molar-refractivity contribution in [2.45, 2.75) is 13.5 Å². The van der Waals surface area contributed by atoms with E-state index in [1.165, 1.54) is 11.0 Å². The van der Waals surface area contributed by atoms with Crippen molar-refractivity contribution in [2.24, 2.45) is 0 Å². The molecule has 9 heteroatoms. The number of furan rings is 1. The Morgan fingerprint density at radius 1 is 1.14 bits per heavy atom. The van der Waals surface area contributed by atoms with Crippen molar-refractivity contribution >= 4 is 23.5 Å². The number of esters is 1. The lowest BCUT2D eigenvalue weighted by Gasteiger charge is -2.15. The van der Waals surface area contributed by atoms with Gasteiger partial charge in [0.25, 0.3) is 11.8 Å². The van der Waals surface area contributed by atoms with Crippen LogP contribution >= 0.6 is 11.6 Å². The fourth-order valence-corrected chi connectivity index (χ4v) is 2.52. The molecule has 2 heterocycles. The molecule has 0 N–H and O–H groups in total. The van der Waals surface area contributed by atoms with Crippen LogP contribution in [0.1, 0.15) is 11.5 Å². The Kier molecular flexibility index (Phi) is 6.56. The van der Waals surface area contributed by atoms with E-state index in [1.54, 1.807) is 32.2 Å². The zero-order chi connectivity index (χ0) is 20.8. The van der Waals surface area contributed by atoms with Crippen LogP contribution in [0.5, 0.6) is 5.88 Å². The molecule has 0 atom stereocenters. The third-order valence-corrected chi connectivity index (χ3v) is 4.16. The van der Waals surface area contributed by atoms with Crippen LogP contribution in [0.2, 0.25) is 5.02 Å². The van der Waals surface area contributed by atoms with Gasteiger partial charge in [0.1, 0.15) is 17.3 Å². The molecule has 1 amide bonds. The zero-order valence-electron chi connectivity index (χ0n) is 15.9. The second kappa shape index (κ2) is 9.29. The monoisotopic (exact) mass is 418 g/mol. The molecule has 0 radical (unpaired) electrons. The lowest BCUT2D eigenvalue weighted by atomic mass is 10.2. The second-order valence-electron chi connectivity index (χ2n) is 6.25. The summed E-state index contributed by atoms with van der Waals surface area (Å²) >= 11 is 5.89. The maximum atomic E-state index is 12.2. The molecule has 152 valence electrons. The van der Waals surface area contributed by atoms with E-state index in [0.29, 0.717) is 22.3 Å². The van der Waals surface area contributed by atoms with Crippen LogP contribution in [0.25, 0.3) is 11.3 Å². The van der Waals surface area contributed by atoms with Crippen LogP contribution in [0, 0.1) is 6.92 Å². The van der Waals surface area contributed by atoms with Gasteiger partial charge >= 0.3 is 5.97 Å². The number of likely N-dealkylation sites (N-methyl/N-ethyl adjacent to an activating group) is 1. The van der Waals surface area contributed by atoms with Crippen molar-refractivity contribution in [3.8, 4) is 17.2 Å². The van der Waals surface area contributed by atoms with Gasteiger partial charge in [-0.25, -0.2) is 4.79 Å². The first-order chi connectivity index (χ1) is 13.9. The molecule has 2 aromatic heterocycles. The maximum absolute atomic E-state index is 12.2. The highest BCUT2D eigenvalue weighted by molar-refractivity contribution is 6.30. The highest BCUT2D eigenvalue weighted by Crippen LogP contribution is 2.24. The Hall–Kier alpha value is -3.26. The summed E-state index contributed by atoms with van der Waals surface area (Å²) in [5, 5.41) is 4.23. The van der Waals surface area contributed by atoms with Gasteiger partial charge in [0, 0.05) is 23.7 Å². The molecule has 0 aliphatic carbocycles. The summed E-state index contributed by atoms with van der Waals surface area (Å²) in [6.07, 6.45) is 0. The van der Waals surface area contributed by atoms with Crippen LogP contribution in [0.3, 0.4) is 0 Å². The number of hydrogen-bond donors (Lipinski definition) is 0. The molecule has 0 unspecified atom stereocenters. The minimum Gasteiger partial charge on any atom is -0.463 e. The molecular weight excluding hydrogens is 400 g/mol. The molecule has 3 rings (SSSR count). The molecule has 0 saturated heterocycles. The topological polar surface area (TPSA) is 95.0 Å². The van der Waals surface area contributed by atoms with E-state index >= 15 is 0 Å². The molecular formula is C20H19ClN2O6. The quantitative estimate of drug-likeness (QED) is 0.517. The van der Waals surface area contributed by atoms with E-state index in [-0.39, 0.29) is 24.9 Å². The lowest BCUT2D eigenvalue weighted by Crippen LogP contribution is -2.31. The number of aryl methyl sites for hydroxylation is 1. The number of nitrogens with zero attached hydrogens (tertiary/aromatic N) is 2.